The van der Waals surface area contributed by atoms with Crippen LogP contribution >= 0.6 is 0 Å². The molecule has 0 spiro atoms. The number of nitrogens with zero attached hydrogens (tertiary/aromatic N) is 4. The molecule has 1 aliphatic rings. The Morgan fingerprint density at radius 2 is 2.10 bits per heavy atom. The van der Waals surface area contributed by atoms with Crippen LogP contribution in [0.2, 0.25) is 0 Å². The molecule has 0 amide bonds. The molecule has 3 N–H and O–H groups in total. The van der Waals surface area contributed by atoms with Crippen molar-refractivity contribution in [1.29, 1.82) is 0 Å². The summed E-state index contributed by atoms with van der Waals surface area (Å²) in [7, 11) is 3.20. The van der Waals surface area contributed by atoms with Crippen molar-refractivity contribution in [3.63, 3.8) is 0 Å². The van der Waals surface area contributed by atoms with Crippen LogP contribution in [0.5, 0.6) is 5.88 Å². The number of nitrogens with one attached hydrogen (secondary N) is 1. The van der Waals surface area contributed by atoms with Crippen molar-refractivity contribution in [2.45, 2.75) is 18.9 Å². The fourth-order valence-electron chi connectivity index (χ4n) is 3.35. The van der Waals surface area contributed by atoms with E-state index in [1.165, 1.54) is 13.3 Å². The molecule has 0 bridgehead atoms. The number of hydrogen-bond acceptors (Lipinski definition) is 7. The summed E-state index contributed by atoms with van der Waals surface area (Å²) in [6, 6.07) is 5.74. The van der Waals surface area contributed by atoms with Crippen LogP contribution in [0.1, 0.15) is 23.2 Å². The predicted octanol–water partition coefficient (Wildman–Crippen LogP) is 2.94. The van der Waals surface area contributed by atoms with Crippen LogP contribution in [-0.4, -0.2) is 43.9 Å². The Morgan fingerprint density at radius 1 is 1.27 bits per heavy atom. The average molecular weight is 404 g/mol. The number of carbonyl (C=O) groups excluding carboxylic acids is 1. The highest BCUT2D eigenvalue weighted by Gasteiger charge is 2.26. The van der Waals surface area contributed by atoms with Gasteiger partial charge in [0.15, 0.2) is 0 Å². The monoisotopic (exact) mass is 404 g/mol. The van der Waals surface area contributed by atoms with Crippen LogP contribution in [0.3, 0.4) is 0 Å². The standard InChI is InChI=1S/C21H20N6O3/c1-27-6-5-16(26-27)11-7-14(20(24-9-11)30-12-3-4-12)17-8-13-15(21(28)29-2)10-23-19(22)18(13)25-17/h5-10,12,25H,3-4H2,1-2H3,(H2,22,23). The summed E-state index contributed by atoms with van der Waals surface area (Å²) in [6.07, 6.45) is 7.26. The Kier molecular flexibility index (Phi) is 4.16. The summed E-state index contributed by atoms with van der Waals surface area (Å²) in [5, 5.41) is 5.09. The zero-order chi connectivity index (χ0) is 20.8. The van der Waals surface area contributed by atoms with Crippen molar-refractivity contribution < 1.29 is 14.3 Å². The van der Waals surface area contributed by atoms with Crippen LogP contribution < -0.4 is 10.5 Å². The first-order valence-electron chi connectivity index (χ1n) is 9.56. The SMILES string of the molecule is COC(=O)c1cnc(N)c2[nH]c(-c3cc(-c4ccn(C)n4)cnc3OC3CC3)cc12. The first-order chi connectivity index (χ1) is 14.5. The van der Waals surface area contributed by atoms with Crippen LogP contribution in [0.4, 0.5) is 5.82 Å². The summed E-state index contributed by atoms with van der Waals surface area (Å²) < 4.78 is 12.7. The summed E-state index contributed by atoms with van der Waals surface area (Å²) in [6.45, 7) is 0. The topological polar surface area (TPSA) is 121 Å². The van der Waals surface area contributed by atoms with E-state index >= 15 is 0 Å². The molecule has 9 heteroatoms. The van der Waals surface area contributed by atoms with E-state index in [-0.39, 0.29) is 6.10 Å². The molecule has 4 heterocycles. The van der Waals surface area contributed by atoms with Crippen molar-refractivity contribution in [1.82, 2.24) is 24.7 Å². The summed E-state index contributed by atoms with van der Waals surface area (Å²) in [5.74, 6) is 0.338. The van der Waals surface area contributed by atoms with E-state index in [2.05, 4.69) is 20.1 Å². The number of rotatable bonds is 5. The predicted molar refractivity (Wildman–Crippen MR) is 111 cm³/mol. The van der Waals surface area contributed by atoms with Crippen molar-refractivity contribution in [3.05, 3.63) is 42.4 Å². The van der Waals surface area contributed by atoms with E-state index in [9.17, 15) is 4.79 Å². The molecule has 5 rings (SSSR count). The second-order valence-corrected chi connectivity index (χ2v) is 7.29. The number of H-pyrrole nitrogens is 1. The zero-order valence-electron chi connectivity index (χ0n) is 16.5. The first-order valence-corrected chi connectivity index (χ1v) is 9.56. The lowest BCUT2D eigenvalue weighted by atomic mass is 10.1. The van der Waals surface area contributed by atoms with E-state index in [1.54, 1.807) is 10.9 Å². The number of anilines is 1. The lowest BCUT2D eigenvalue weighted by Crippen LogP contribution is -2.03. The van der Waals surface area contributed by atoms with E-state index in [1.807, 2.05) is 31.4 Å². The highest BCUT2D eigenvalue weighted by atomic mass is 16.5. The van der Waals surface area contributed by atoms with Gasteiger partial charge in [-0.2, -0.15) is 5.10 Å². The van der Waals surface area contributed by atoms with E-state index in [0.717, 1.165) is 35.4 Å². The molecule has 4 aromatic rings. The van der Waals surface area contributed by atoms with Gasteiger partial charge >= 0.3 is 5.97 Å². The van der Waals surface area contributed by atoms with Crippen molar-refractivity contribution >= 4 is 22.7 Å². The maximum absolute atomic E-state index is 12.2. The minimum absolute atomic E-state index is 0.179. The molecule has 1 fully saturated rings. The van der Waals surface area contributed by atoms with Gasteiger partial charge in [-0.05, 0) is 31.0 Å². The van der Waals surface area contributed by atoms with E-state index in [4.69, 9.17) is 15.2 Å². The van der Waals surface area contributed by atoms with Gasteiger partial charge in [-0.3, -0.25) is 4.68 Å². The average Bonchev–Trinajstić information content (AvgIpc) is 3.27. The number of aromatic nitrogens is 5. The van der Waals surface area contributed by atoms with Crippen LogP contribution in [0.15, 0.2) is 36.8 Å². The number of nitrogens with two attached hydrogens (primary N) is 1. The molecule has 9 nitrogen and oxygen atoms in total. The summed E-state index contributed by atoms with van der Waals surface area (Å²) >= 11 is 0. The first kappa shape index (κ1) is 18.2. The highest BCUT2D eigenvalue weighted by molar-refractivity contribution is 6.07. The molecular formula is C21H20N6O3. The van der Waals surface area contributed by atoms with Crippen LogP contribution in [-0.2, 0) is 11.8 Å². The molecule has 4 aromatic heterocycles. The number of carbonyl (C=O) groups is 1. The molecule has 1 aliphatic carbocycles. The Hall–Kier alpha value is -3.88. The van der Waals surface area contributed by atoms with Gasteiger partial charge in [0.25, 0.3) is 0 Å². The van der Waals surface area contributed by atoms with Gasteiger partial charge in [0, 0.05) is 36.6 Å². The number of nitrogen functional groups attached to an aromatic ring is 1. The second-order valence-electron chi connectivity index (χ2n) is 7.29. The van der Waals surface area contributed by atoms with Crippen LogP contribution in [0.25, 0.3) is 33.4 Å². The van der Waals surface area contributed by atoms with E-state index < -0.39 is 5.97 Å². The molecular weight excluding hydrogens is 384 g/mol. The van der Waals surface area contributed by atoms with Gasteiger partial charge in [-0.15, -0.1) is 0 Å². The third-order valence-electron chi connectivity index (χ3n) is 5.06. The van der Waals surface area contributed by atoms with E-state index in [0.29, 0.717) is 28.2 Å². The zero-order valence-corrected chi connectivity index (χ0v) is 16.5. The molecule has 0 aliphatic heterocycles. The molecule has 152 valence electrons. The summed E-state index contributed by atoms with van der Waals surface area (Å²) in [4.78, 5) is 24.1. The molecule has 1 saturated carbocycles. The number of methoxy groups -OCH3 is 1. The number of fused-ring (bicyclic) bond motifs is 1. The fraction of sp³-hybridized carbons (Fsp3) is 0.238. The smallest absolute Gasteiger partial charge is 0.340 e. The van der Waals surface area contributed by atoms with Gasteiger partial charge in [0.2, 0.25) is 5.88 Å². The minimum atomic E-state index is -0.479. The Labute approximate surface area is 171 Å². The minimum Gasteiger partial charge on any atom is -0.474 e. The number of hydrogen-bond donors (Lipinski definition) is 2. The fourth-order valence-corrected chi connectivity index (χ4v) is 3.35. The molecule has 0 aromatic carbocycles. The number of pyridine rings is 2. The van der Waals surface area contributed by atoms with Gasteiger partial charge in [-0.1, -0.05) is 0 Å². The van der Waals surface area contributed by atoms with Crippen molar-refractivity contribution in [2.24, 2.45) is 7.05 Å². The quantitative estimate of drug-likeness (QED) is 0.491. The number of ether oxygens (including phenoxy) is 2. The van der Waals surface area contributed by atoms with Gasteiger partial charge < -0.3 is 20.2 Å². The largest absolute Gasteiger partial charge is 0.474 e. The van der Waals surface area contributed by atoms with Crippen LogP contribution in [0, 0.1) is 0 Å². The number of esters is 1. The van der Waals surface area contributed by atoms with Gasteiger partial charge in [-0.25, -0.2) is 14.8 Å². The normalized spacial score (nSPS) is 13.5. The maximum Gasteiger partial charge on any atom is 0.340 e. The summed E-state index contributed by atoms with van der Waals surface area (Å²) in [5.41, 5.74) is 10.1. The highest BCUT2D eigenvalue weighted by Crippen LogP contribution is 2.37. The molecule has 0 atom stereocenters. The van der Waals surface area contributed by atoms with Gasteiger partial charge in [0.05, 0.1) is 35.1 Å². The molecule has 0 saturated heterocycles. The molecule has 0 radical (unpaired) electrons. The number of aryl methyl sites for hydroxylation is 1. The van der Waals surface area contributed by atoms with Crippen molar-refractivity contribution in [2.75, 3.05) is 12.8 Å². The Bertz CT molecular complexity index is 1270. The molecule has 30 heavy (non-hydrogen) atoms. The Morgan fingerprint density at radius 3 is 2.80 bits per heavy atom. The second kappa shape index (κ2) is 6.87. The Balaban J connectivity index is 1.68. The third-order valence-corrected chi connectivity index (χ3v) is 5.06. The number of aromatic amines is 1. The lowest BCUT2D eigenvalue weighted by Gasteiger charge is -2.10. The molecule has 0 unspecified atom stereocenters. The van der Waals surface area contributed by atoms with Crippen molar-refractivity contribution in [3.8, 4) is 28.4 Å². The third kappa shape index (κ3) is 3.14. The maximum atomic E-state index is 12.2. The lowest BCUT2D eigenvalue weighted by molar-refractivity contribution is 0.0602. The van der Waals surface area contributed by atoms with Gasteiger partial charge in [0.1, 0.15) is 11.9 Å².